The van der Waals surface area contributed by atoms with Crippen LogP contribution in [-0.2, 0) is 11.3 Å². The molecule has 1 saturated heterocycles. The van der Waals surface area contributed by atoms with Gasteiger partial charge in [0.05, 0.1) is 7.11 Å². The van der Waals surface area contributed by atoms with Gasteiger partial charge in [0.2, 0.25) is 5.91 Å². The molecule has 0 N–H and O–H groups in total. The number of anilines is 1. The average molecular weight is 418 g/mol. The molecule has 0 spiro atoms. The average Bonchev–Trinajstić information content (AvgIpc) is 2.74. The molecule has 160 valence electrons. The highest BCUT2D eigenvalue weighted by Gasteiger charge is 2.20. The fourth-order valence-electron chi connectivity index (χ4n) is 3.43. The summed E-state index contributed by atoms with van der Waals surface area (Å²) in [6.45, 7) is -1.99. The number of amides is 2. The summed E-state index contributed by atoms with van der Waals surface area (Å²) in [4.78, 5) is 28.1. The molecule has 2 aromatic carbocycles. The Labute approximate surface area is 174 Å². The van der Waals surface area contributed by atoms with Crippen LogP contribution in [0.2, 0.25) is 0 Å². The third-order valence-electron chi connectivity index (χ3n) is 4.96. The van der Waals surface area contributed by atoms with Crippen LogP contribution in [0, 0.1) is 0 Å². The minimum atomic E-state index is -2.95. The minimum absolute atomic E-state index is 0.0620. The van der Waals surface area contributed by atoms with Crippen molar-refractivity contribution in [3.05, 3.63) is 53.6 Å². The second-order valence-corrected chi connectivity index (χ2v) is 7.07. The number of piperidine rings is 1. The Kier molecular flexibility index (Phi) is 6.87. The second kappa shape index (κ2) is 9.56. The molecule has 3 rings (SSSR count). The van der Waals surface area contributed by atoms with E-state index in [1.807, 2.05) is 0 Å². The summed E-state index contributed by atoms with van der Waals surface area (Å²) < 4.78 is 34.4. The Morgan fingerprint density at radius 2 is 1.87 bits per heavy atom. The topological polar surface area (TPSA) is 59.1 Å². The zero-order chi connectivity index (χ0) is 21.7. The first-order valence-corrected chi connectivity index (χ1v) is 9.66. The highest BCUT2D eigenvalue weighted by Crippen LogP contribution is 2.30. The van der Waals surface area contributed by atoms with Gasteiger partial charge < -0.3 is 19.3 Å². The van der Waals surface area contributed by atoms with Crippen LogP contribution < -0.4 is 14.4 Å². The van der Waals surface area contributed by atoms with Gasteiger partial charge >= 0.3 is 6.61 Å². The Morgan fingerprint density at radius 1 is 1.13 bits per heavy atom. The van der Waals surface area contributed by atoms with E-state index in [0.29, 0.717) is 24.1 Å². The first-order chi connectivity index (χ1) is 14.4. The minimum Gasteiger partial charge on any atom is -0.493 e. The molecule has 0 aliphatic carbocycles. The molecule has 8 heteroatoms. The van der Waals surface area contributed by atoms with Crippen molar-refractivity contribution in [2.45, 2.75) is 32.4 Å². The third kappa shape index (κ3) is 5.06. The van der Waals surface area contributed by atoms with E-state index in [0.717, 1.165) is 18.5 Å². The van der Waals surface area contributed by atoms with Crippen LogP contribution in [0.1, 0.15) is 35.2 Å². The van der Waals surface area contributed by atoms with Gasteiger partial charge in [-0.3, -0.25) is 9.59 Å². The molecule has 2 amide bonds. The number of nitrogens with zero attached hydrogens (tertiary/aromatic N) is 2. The number of benzene rings is 2. The van der Waals surface area contributed by atoms with E-state index in [1.54, 1.807) is 48.3 Å². The molecule has 0 atom stereocenters. The number of ether oxygens (including phenoxy) is 2. The highest BCUT2D eigenvalue weighted by atomic mass is 19.3. The maximum Gasteiger partial charge on any atom is 0.387 e. The van der Waals surface area contributed by atoms with Crippen LogP contribution >= 0.6 is 0 Å². The third-order valence-corrected chi connectivity index (χ3v) is 4.96. The smallest absolute Gasteiger partial charge is 0.387 e. The van der Waals surface area contributed by atoms with Crippen LogP contribution in [0.3, 0.4) is 0 Å². The zero-order valence-corrected chi connectivity index (χ0v) is 16.9. The lowest BCUT2D eigenvalue weighted by Crippen LogP contribution is -2.35. The predicted octanol–water partition coefficient (Wildman–Crippen LogP) is 4.09. The predicted molar refractivity (Wildman–Crippen MR) is 108 cm³/mol. The Hall–Kier alpha value is -3.16. The molecule has 2 aromatic rings. The normalized spacial score (nSPS) is 14.0. The molecule has 1 aliphatic heterocycles. The van der Waals surface area contributed by atoms with Gasteiger partial charge in [-0.15, -0.1) is 0 Å². The lowest BCUT2D eigenvalue weighted by Gasteiger charge is -2.27. The van der Waals surface area contributed by atoms with Crippen molar-refractivity contribution in [3.63, 3.8) is 0 Å². The molecule has 0 saturated carbocycles. The number of carbonyl (C=O) groups is 2. The Morgan fingerprint density at radius 3 is 2.50 bits per heavy atom. The highest BCUT2D eigenvalue weighted by molar-refractivity contribution is 5.96. The van der Waals surface area contributed by atoms with Gasteiger partial charge in [0.25, 0.3) is 5.91 Å². The molecule has 0 bridgehead atoms. The number of hydrogen-bond donors (Lipinski definition) is 0. The molecule has 0 aromatic heterocycles. The van der Waals surface area contributed by atoms with Crippen molar-refractivity contribution in [1.82, 2.24) is 4.90 Å². The van der Waals surface area contributed by atoms with Crippen LogP contribution in [0.15, 0.2) is 42.5 Å². The molecule has 6 nitrogen and oxygen atoms in total. The van der Waals surface area contributed by atoms with E-state index in [-0.39, 0.29) is 29.9 Å². The number of halogens is 2. The summed E-state index contributed by atoms with van der Waals surface area (Å²) in [6.07, 6.45) is 2.44. The zero-order valence-electron chi connectivity index (χ0n) is 16.9. The molecule has 1 heterocycles. The van der Waals surface area contributed by atoms with E-state index in [9.17, 15) is 18.4 Å². The fourth-order valence-corrected chi connectivity index (χ4v) is 3.43. The lowest BCUT2D eigenvalue weighted by atomic mass is 10.1. The van der Waals surface area contributed by atoms with Crippen molar-refractivity contribution in [2.24, 2.45) is 0 Å². The number of rotatable bonds is 7. The van der Waals surface area contributed by atoms with Crippen molar-refractivity contribution in [1.29, 1.82) is 0 Å². The summed E-state index contributed by atoms with van der Waals surface area (Å²) in [5.41, 5.74) is 1.99. The van der Waals surface area contributed by atoms with Gasteiger partial charge in [0.15, 0.2) is 11.5 Å². The maximum absolute atomic E-state index is 12.8. The molecular formula is C22H24F2N2O4. The van der Waals surface area contributed by atoms with E-state index in [4.69, 9.17) is 4.74 Å². The van der Waals surface area contributed by atoms with Crippen molar-refractivity contribution in [2.75, 3.05) is 25.6 Å². The van der Waals surface area contributed by atoms with Gasteiger partial charge in [-0.2, -0.15) is 8.78 Å². The summed E-state index contributed by atoms with van der Waals surface area (Å²) in [5.74, 6) is 0.0151. The Balaban J connectivity index is 1.67. The number of alkyl halides is 2. The van der Waals surface area contributed by atoms with Gasteiger partial charge in [0.1, 0.15) is 0 Å². The van der Waals surface area contributed by atoms with E-state index < -0.39 is 6.61 Å². The number of methoxy groups -OCH3 is 1. The first kappa shape index (κ1) is 21.5. The summed E-state index contributed by atoms with van der Waals surface area (Å²) >= 11 is 0. The van der Waals surface area contributed by atoms with Gasteiger partial charge in [-0.25, -0.2) is 0 Å². The van der Waals surface area contributed by atoms with Crippen LogP contribution in [0.5, 0.6) is 11.5 Å². The standard InChI is InChI=1S/C22H24F2N2O4/c1-25(14-15-6-11-18(30-22(23)24)19(13-15)29-2)21(28)16-7-9-17(10-8-16)26-12-4-3-5-20(26)27/h6-11,13,22H,3-5,12,14H2,1-2H3. The maximum atomic E-state index is 12.8. The quantitative estimate of drug-likeness (QED) is 0.680. The lowest BCUT2D eigenvalue weighted by molar-refractivity contribution is -0.119. The van der Waals surface area contributed by atoms with Crippen molar-refractivity contribution < 1.29 is 27.8 Å². The first-order valence-electron chi connectivity index (χ1n) is 9.66. The van der Waals surface area contributed by atoms with E-state index >= 15 is 0 Å². The summed E-state index contributed by atoms with van der Waals surface area (Å²) in [7, 11) is 3.02. The van der Waals surface area contributed by atoms with Crippen molar-refractivity contribution >= 4 is 17.5 Å². The van der Waals surface area contributed by atoms with Crippen LogP contribution in [-0.4, -0.2) is 44.0 Å². The Bertz CT molecular complexity index is 903. The van der Waals surface area contributed by atoms with Gasteiger partial charge in [-0.1, -0.05) is 6.07 Å². The SMILES string of the molecule is COc1cc(CN(C)C(=O)c2ccc(N3CCCCC3=O)cc2)ccc1OC(F)F. The summed E-state index contributed by atoms with van der Waals surface area (Å²) in [6, 6.07) is 11.5. The van der Waals surface area contributed by atoms with E-state index in [2.05, 4.69) is 4.74 Å². The fraction of sp³-hybridized carbons (Fsp3) is 0.364. The van der Waals surface area contributed by atoms with Gasteiger partial charge in [-0.05, 0) is 54.8 Å². The molecule has 30 heavy (non-hydrogen) atoms. The van der Waals surface area contributed by atoms with Gasteiger partial charge in [0, 0.05) is 37.8 Å². The molecule has 0 radical (unpaired) electrons. The number of hydrogen-bond acceptors (Lipinski definition) is 4. The van der Waals surface area contributed by atoms with E-state index in [1.165, 1.54) is 18.1 Å². The molecule has 1 fully saturated rings. The molecular weight excluding hydrogens is 394 g/mol. The number of carbonyl (C=O) groups excluding carboxylic acids is 2. The molecule has 0 unspecified atom stereocenters. The largest absolute Gasteiger partial charge is 0.493 e. The molecule has 1 aliphatic rings. The van der Waals surface area contributed by atoms with Crippen LogP contribution in [0.25, 0.3) is 0 Å². The summed E-state index contributed by atoms with van der Waals surface area (Å²) in [5, 5.41) is 0. The van der Waals surface area contributed by atoms with Crippen LogP contribution in [0.4, 0.5) is 14.5 Å². The monoisotopic (exact) mass is 418 g/mol. The second-order valence-electron chi connectivity index (χ2n) is 7.07. The van der Waals surface area contributed by atoms with Crippen molar-refractivity contribution in [3.8, 4) is 11.5 Å².